The van der Waals surface area contributed by atoms with E-state index < -0.39 is 0 Å². The molecule has 0 saturated carbocycles. The summed E-state index contributed by atoms with van der Waals surface area (Å²) >= 11 is 0. The highest BCUT2D eigenvalue weighted by atomic mass is 15.2. The van der Waals surface area contributed by atoms with Crippen LogP contribution in [0.15, 0.2) is 231 Å². The van der Waals surface area contributed by atoms with Crippen molar-refractivity contribution in [3.05, 3.63) is 231 Å². The summed E-state index contributed by atoms with van der Waals surface area (Å²) in [7, 11) is 0. The SMILES string of the molecule is c1ccc(-c2nc3ncc(-n4c5ccc(N(c6ccccc6)c6ccccc6)cc5c5cc(N(c6ccccc6)c6ccccc6)ccc54)cn3c2-c2ccccc2)cc1. The molecule has 6 nitrogen and oxygen atoms in total. The van der Waals surface area contributed by atoms with E-state index in [1.54, 1.807) is 0 Å². The Hall–Kier alpha value is -8.22. The number of hydrogen-bond donors (Lipinski definition) is 0. The van der Waals surface area contributed by atoms with Crippen LogP contribution in [0.1, 0.15) is 0 Å². The van der Waals surface area contributed by atoms with Crippen molar-refractivity contribution in [3.8, 4) is 28.2 Å². The van der Waals surface area contributed by atoms with Crippen molar-refractivity contribution in [1.82, 2.24) is 18.9 Å². The van der Waals surface area contributed by atoms with Gasteiger partial charge in [0.05, 0.1) is 34.3 Å². The molecule has 0 amide bonds. The van der Waals surface area contributed by atoms with Gasteiger partial charge in [-0.1, -0.05) is 133 Å². The molecule has 6 heteroatoms. The molecule has 0 spiro atoms. The Morgan fingerprint density at radius 3 is 1.22 bits per heavy atom. The summed E-state index contributed by atoms with van der Waals surface area (Å²) in [5.74, 6) is 0.643. The molecule has 11 aromatic rings. The Kier molecular flexibility index (Phi) is 8.71. The molecule has 8 aromatic carbocycles. The van der Waals surface area contributed by atoms with E-state index in [-0.39, 0.29) is 0 Å². The van der Waals surface area contributed by atoms with Crippen LogP contribution in [-0.2, 0) is 0 Å². The second-order valence-electron chi connectivity index (χ2n) is 14.8. The molecule has 0 aliphatic rings. The Bertz CT molecular complexity index is 3020. The molecule has 0 radical (unpaired) electrons. The van der Waals surface area contributed by atoms with Gasteiger partial charge in [-0.2, -0.15) is 0 Å². The van der Waals surface area contributed by atoms with Gasteiger partial charge in [0.1, 0.15) is 0 Å². The van der Waals surface area contributed by atoms with Crippen LogP contribution in [0, 0.1) is 0 Å². The van der Waals surface area contributed by atoms with Crippen LogP contribution in [0.3, 0.4) is 0 Å². The van der Waals surface area contributed by atoms with E-state index in [0.717, 1.165) is 84.1 Å². The first kappa shape index (κ1) is 35.0. The number of anilines is 6. The van der Waals surface area contributed by atoms with E-state index in [0.29, 0.717) is 5.78 Å². The highest BCUT2D eigenvalue weighted by Crippen LogP contribution is 2.43. The van der Waals surface area contributed by atoms with Crippen molar-refractivity contribution in [2.45, 2.75) is 0 Å². The molecule has 0 saturated heterocycles. The van der Waals surface area contributed by atoms with Crippen LogP contribution < -0.4 is 9.80 Å². The van der Waals surface area contributed by atoms with Crippen LogP contribution in [-0.4, -0.2) is 18.9 Å². The van der Waals surface area contributed by atoms with Crippen molar-refractivity contribution < 1.29 is 0 Å². The molecular weight excluding hydrogens is 733 g/mol. The average molecular weight is 771 g/mol. The molecule has 0 bridgehead atoms. The van der Waals surface area contributed by atoms with Gasteiger partial charge in [0.15, 0.2) is 0 Å². The lowest BCUT2D eigenvalue weighted by atomic mass is 10.1. The van der Waals surface area contributed by atoms with Gasteiger partial charge in [-0.25, -0.2) is 9.97 Å². The molecule has 3 aromatic heterocycles. The lowest BCUT2D eigenvalue weighted by Crippen LogP contribution is -2.09. The Morgan fingerprint density at radius 2 is 0.783 bits per heavy atom. The van der Waals surface area contributed by atoms with E-state index >= 15 is 0 Å². The number of imidazole rings is 1. The van der Waals surface area contributed by atoms with E-state index in [2.05, 4.69) is 231 Å². The maximum Gasteiger partial charge on any atom is 0.234 e. The van der Waals surface area contributed by atoms with Crippen molar-refractivity contribution in [3.63, 3.8) is 0 Å². The first-order valence-corrected chi connectivity index (χ1v) is 20.2. The van der Waals surface area contributed by atoms with E-state index in [1.165, 1.54) is 0 Å². The van der Waals surface area contributed by atoms with Gasteiger partial charge in [0.25, 0.3) is 0 Å². The van der Waals surface area contributed by atoms with E-state index in [4.69, 9.17) is 9.97 Å². The minimum absolute atomic E-state index is 0.643. The van der Waals surface area contributed by atoms with Gasteiger partial charge in [0, 0.05) is 62.2 Å². The van der Waals surface area contributed by atoms with Crippen molar-refractivity contribution >= 4 is 61.7 Å². The predicted molar refractivity (Wildman–Crippen MR) is 248 cm³/mol. The zero-order valence-electron chi connectivity index (χ0n) is 32.6. The summed E-state index contributed by atoms with van der Waals surface area (Å²) in [5, 5.41) is 2.25. The van der Waals surface area contributed by atoms with Crippen molar-refractivity contribution in [2.75, 3.05) is 9.80 Å². The predicted octanol–water partition coefficient (Wildman–Crippen LogP) is 14.1. The Labute approximate surface area is 348 Å². The van der Waals surface area contributed by atoms with Gasteiger partial charge in [0.2, 0.25) is 5.78 Å². The van der Waals surface area contributed by atoms with Gasteiger partial charge < -0.3 is 14.4 Å². The molecule has 0 atom stereocenters. The van der Waals surface area contributed by atoms with Crippen molar-refractivity contribution in [1.29, 1.82) is 0 Å². The number of nitrogens with zero attached hydrogens (tertiary/aromatic N) is 6. The number of para-hydroxylation sites is 4. The molecule has 0 fully saturated rings. The van der Waals surface area contributed by atoms with E-state index in [1.807, 2.05) is 18.3 Å². The lowest BCUT2D eigenvalue weighted by Gasteiger charge is -2.26. The third-order valence-electron chi connectivity index (χ3n) is 11.1. The summed E-state index contributed by atoms with van der Waals surface area (Å²) in [6.45, 7) is 0. The Balaban J connectivity index is 1.17. The standard InChI is InChI=1S/C54H38N6/c1-7-19-39(20-8-1)52-53(40-21-9-2-10-22-40)57-38-47(37-55-54(57)56-52)60-50-33-31-45(58(41-23-11-3-12-24-41)42-25-13-4-14-26-42)35-48(50)49-36-46(32-34-51(49)60)59(43-27-15-5-16-28-43)44-29-17-6-18-30-44/h1-38H. The van der Waals surface area contributed by atoms with Crippen LogP contribution >= 0.6 is 0 Å². The summed E-state index contributed by atoms with van der Waals surface area (Å²) in [4.78, 5) is 14.8. The topological polar surface area (TPSA) is 41.6 Å². The summed E-state index contributed by atoms with van der Waals surface area (Å²) in [6.07, 6.45) is 4.14. The number of fused-ring (bicyclic) bond motifs is 4. The first-order valence-electron chi connectivity index (χ1n) is 20.2. The van der Waals surface area contributed by atoms with Gasteiger partial charge in [-0.15, -0.1) is 0 Å². The maximum absolute atomic E-state index is 5.12. The molecule has 0 aliphatic heterocycles. The van der Waals surface area contributed by atoms with Crippen LogP contribution in [0.2, 0.25) is 0 Å². The number of rotatable bonds is 9. The minimum Gasteiger partial charge on any atom is -0.310 e. The highest BCUT2D eigenvalue weighted by Gasteiger charge is 2.22. The van der Waals surface area contributed by atoms with Gasteiger partial charge in [-0.3, -0.25) is 4.40 Å². The molecule has 11 rings (SSSR count). The van der Waals surface area contributed by atoms with Gasteiger partial charge >= 0.3 is 0 Å². The molecule has 284 valence electrons. The zero-order valence-corrected chi connectivity index (χ0v) is 32.6. The summed E-state index contributed by atoms with van der Waals surface area (Å²) in [6, 6.07) is 76.8. The van der Waals surface area contributed by atoms with Gasteiger partial charge in [-0.05, 0) is 84.9 Å². The quantitative estimate of drug-likeness (QED) is 0.147. The monoisotopic (exact) mass is 770 g/mol. The lowest BCUT2D eigenvalue weighted by molar-refractivity contribution is 1.05. The summed E-state index contributed by atoms with van der Waals surface area (Å²) in [5.41, 5.74) is 13.6. The smallest absolute Gasteiger partial charge is 0.234 e. The normalized spacial score (nSPS) is 11.3. The number of hydrogen-bond acceptors (Lipinski definition) is 4. The number of aromatic nitrogens is 4. The van der Waals surface area contributed by atoms with Crippen LogP contribution in [0.5, 0.6) is 0 Å². The fourth-order valence-corrected chi connectivity index (χ4v) is 8.47. The molecule has 0 N–H and O–H groups in total. The van der Waals surface area contributed by atoms with E-state index in [9.17, 15) is 0 Å². The molecular formula is C54H38N6. The highest BCUT2D eigenvalue weighted by molar-refractivity contribution is 6.12. The largest absolute Gasteiger partial charge is 0.310 e. The van der Waals surface area contributed by atoms with Crippen LogP contribution in [0.25, 0.3) is 55.8 Å². The molecule has 0 unspecified atom stereocenters. The fourth-order valence-electron chi connectivity index (χ4n) is 8.47. The number of benzene rings is 8. The van der Waals surface area contributed by atoms with Crippen molar-refractivity contribution in [2.24, 2.45) is 0 Å². The molecule has 60 heavy (non-hydrogen) atoms. The second-order valence-corrected chi connectivity index (χ2v) is 14.8. The zero-order chi connectivity index (χ0) is 39.8. The maximum atomic E-state index is 5.12. The molecule has 3 heterocycles. The van der Waals surface area contributed by atoms with Crippen LogP contribution in [0.4, 0.5) is 34.1 Å². The summed E-state index contributed by atoms with van der Waals surface area (Å²) < 4.78 is 4.48. The Morgan fingerprint density at radius 1 is 0.383 bits per heavy atom. The molecule has 0 aliphatic carbocycles. The first-order chi connectivity index (χ1) is 29.8. The third kappa shape index (κ3) is 6.15. The second kappa shape index (κ2) is 14.9. The average Bonchev–Trinajstić information content (AvgIpc) is 3.86. The third-order valence-corrected chi connectivity index (χ3v) is 11.1. The minimum atomic E-state index is 0.643. The fraction of sp³-hybridized carbons (Fsp3) is 0.